The van der Waals surface area contributed by atoms with Crippen LogP contribution in [0.4, 0.5) is 15.8 Å². The molecule has 0 radical (unpaired) electrons. The first-order valence-electron chi connectivity index (χ1n) is 11.9. The summed E-state index contributed by atoms with van der Waals surface area (Å²) in [6.07, 6.45) is 0. The number of halogens is 2. The van der Waals surface area contributed by atoms with Gasteiger partial charge in [0.2, 0.25) is 16.8 Å². The molecule has 1 saturated heterocycles. The molecule has 0 aromatic heterocycles. The summed E-state index contributed by atoms with van der Waals surface area (Å²) in [4.78, 5) is 26.6. The van der Waals surface area contributed by atoms with Crippen molar-refractivity contribution < 1.29 is 36.6 Å². The molecule has 13 heteroatoms. The lowest BCUT2D eigenvalue weighted by Crippen LogP contribution is -2.48. The van der Waals surface area contributed by atoms with Crippen LogP contribution in [0.3, 0.4) is 0 Å². The fraction of sp³-hybridized carbons (Fsp3) is 0.231. The molecule has 0 atom stereocenters. The van der Waals surface area contributed by atoms with Gasteiger partial charge >= 0.3 is 5.97 Å². The van der Waals surface area contributed by atoms with Gasteiger partial charge in [0.25, 0.3) is 5.91 Å². The van der Waals surface area contributed by atoms with Crippen molar-refractivity contribution in [3.8, 4) is 11.5 Å². The molecule has 0 saturated carbocycles. The van der Waals surface area contributed by atoms with Gasteiger partial charge in [-0.25, -0.2) is 17.6 Å². The maximum Gasteiger partial charge on any atom is 0.338 e. The van der Waals surface area contributed by atoms with Gasteiger partial charge in [-0.3, -0.25) is 4.79 Å². The highest BCUT2D eigenvalue weighted by Gasteiger charge is 2.31. The predicted molar refractivity (Wildman–Crippen MR) is 140 cm³/mol. The molecule has 39 heavy (non-hydrogen) atoms. The number of sulfonamides is 1. The Morgan fingerprint density at radius 3 is 2.41 bits per heavy atom. The summed E-state index contributed by atoms with van der Waals surface area (Å²) in [5.74, 6) is -0.786. The van der Waals surface area contributed by atoms with Crippen molar-refractivity contribution in [3.05, 3.63) is 77.1 Å². The van der Waals surface area contributed by atoms with E-state index in [2.05, 4.69) is 5.32 Å². The van der Waals surface area contributed by atoms with Gasteiger partial charge in [0, 0.05) is 43.6 Å². The predicted octanol–water partition coefficient (Wildman–Crippen LogP) is 3.51. The number of hydrogen-bond acceptors (Lipinski definition) is 8. The zero-order chi connectivity index (χ0) is 27.6. The van der Waals surface area contributed by atoms with Crippen molar-refractivity contribution in [2.75, 3.05) is 49.8 Å². The van der Waals surface area contributed by atoms with Crippen LogP contribution in [0.1, 0.15) is 10.4 Å². The lowest BCUT2D eigenvalue weighted by molar-refractivity contribution is -0.119. The monoisotopic (exact) mass is 575 g/mol. The summed E-state index contributed by atoms with van der Waals surface area (Å²) in [6.45, 7) is 0.625. The minimum absolute atomic E-state index is 0.0481. The van der Waals surface area contributed by atoms with Crippen LogP contribution in [0.2, 0.25) is 5.02 Å². The Bertz CT molecular complexity index is 1510. The molecule has 2 aliphatic rings. The van der Waals surface area contributed by atoms with Crippen molar-refractivity contribution in [3.63, 3.8) is 0 Å². The highest BCUT2D eigenvalue weighted by atomic mass is 35.5. The topological polar surface area (TPSA) is 114 Å². The molecule has 0 bridgehead atoms. The van der Waals surface area contributed by atoms with Crippen LogP contribution in [0, 0.1) is 5.82 Å². The first-order chi connectivity index (χ1) is 18.7. The summed E-state index contributed by atoms with van der Waals surface area (Å²) in [5.41, 5.74) is 1.15. The minimum atomic E-state index is -4.03. The van der Waals surface area contributed by atoms with E-state index in [1.165, 1.54) is 28.6 Å². The van der Waals surface area contributed by atoms with Crippen molar-refractivity contribution in [2.45, 2.75) is 4.90 Å². The summed E-state index contributed by atoms with van der Waals surface area (Å²) in [6, 6.07) is 14.6. The van der Waals surface area contributed by atoms with Gasteiger partial charge in [-0.05, 0) is 54.6 Å². The minimum Gasteiger partial charge on any atom is -0.454 e. The fourth-order valence-electron chi connectivity index (χ4n) is 4.19. The summed E-state index contributed by atoms with van der Waals surface area (Å²) in [7, 11) is -4.03. The molecule has 1 fully saturated rings. The summed E-state index contributed by atoms with van der Waals surface area (Å²) in [5, 5.41) is 2.54. The Hall–Kier alpha value is -3.87. The molecule has 3 aromatic rings. The molecule has 0 aliphatic carbocycles. The fourth-order valence-corrected chi connectivity index (χ4v) is 6.11. The second kappa shape index (κ2) is 11.1. The second-order valence-corrected chi connectivity index (χ2v) is 11.0. The van der Waals surface area contributed by atoms with E-state index in [1.807, 2.05) is 4.90 Å². The van der Waals surface area contributed by atoms with Gasteiger partial charge in [-0.1, -0.05) is 11.6 Å². The maximum atomic E-state index is 13.4. The third-order valence-corrected chi connectivity index (χ3v) is 8.59. The van der Waals surface area contributed by atoms with Crippen molar-refractivity contribution in [1.82, 2.24) is 4.31 Å². The van der Waals surface area contributed by atoms with Crippen LogP contribution in [-0.2, 0) is 19.6 Å². The molecular formula is C26H23ClFN3O7S. The number of rotatable bonds is 7. The van der Waals surface area contributed by atoms with Crippen LogP contribution in [0.25, 0.3) is 0 Å². The third-order valence-electron chi connectivity index (χ3n) is 6.21. The van der Waals surface area contributed by atoms with Gasteiger partial charge in [0.05, 0.1) is 10.6 Å². The smallest absolute Gasteiger partial charge is 0.338 e. The quantitative estimate of drug-likeness (QED) is 0.426. The normalized spacial score (nSPS) is 15.2. The molecule has 1 amide bonds. The van der Waals surface area contributed by atoms with E-state index in [0.717, 1.165) is 11.8 Å². The van der Waals surface area contributed by atoms with E-state index in [4.69, 9.17) is 25.8 Å². The van der Waals surface area contributed by atoms with E-state index < -0.39 is 28.5 Å². The molecule has 0 spiro atoms. The lowest BCUT2D eigenvalue weighted by Gasteiger charge is -2.35. The Morgan fingerprint density at radius 1 is 0.949 bits per heavy atom. The number of ether oxygens (including phenoxy) is 3. The average Bonchev–Trinajstić information content (AvgIpc) is 3.40. The zero-order valence-corrected chi connectivity index (χ0v) is 22.0. The molecule has 2 heterocycles. The number of carbonyl (C=O) groups excluding carboxylic acids is 2. The first kappa shape index (κ1) is 26.7. The van der Waals surface area contributed by atoms with E-state index in [9.17, 15) is 22.4 Å². The number of carbonyl (C=O) groups is 2. The lowest BCUT2D eigenvalue weighted by atomic mass is 10.2. The Kier molecular flexibility index (Phi) is 7.60. The number of benzene rings is 3. The average molecular weight is 576 g/mol. The van der Waals surface area contributed by atoms with Gasteiger partial charge < -0.3 is 24.4 Å². The standard InChI is InChI=1S/C26H23ClFN3O7S/c27-21-7-1-17(26(33)36-15-25(32)29-19-4-8-22-23(14-19)38-16-37-22)13-24(21)39(34,35)31-11-9-30(10-12-31)20-5-2-18(28)3-6-20/h1-8,13-14H,9-12,15-16H2,(H,29,32). The maximum absolute atomic E-state index is 13.4. The number of anilines is 2. The summed E-state index contributed by atoms with van der Waals surface area (Å²) >= 11 is 6.21. The van der Waals surface area contributed by atoms with Crippen LogP contribution in [0.5, 0.6) is 11.5 Å². The Labute approximate surface area is 228 Å². The van der Waals surface area contributed by atoms with E-state index in [0.29, 0.717) is 30.3 Å². The number of amides is 1. The molecular weight excluding hydrogens is 553 g/mol. The van der Waals surface area contributed by atoms with E-state index in [1.54, 1.807) is 30.3 Å². The molecule has 5 rings (SSSR count). The molecule has 204 valence electrons. The van der Waals surface area contributed by atoms with Gasteiger partial charge in [-0.15, -0.1) is 0 Å². The van der Waals surface area contributed by atoms with E-state index in [-0.39, 0.29) is 41.2 Å². The van der Waals surface area contributed by atoms with E-state index >= 15 is 0 Å². The highest BCUT2D eigenvalue weighted by molar-refractivity contribution is 7.89. The molecule has 2 aliphatic heterocycles. The van der Waals surface area contributed by atoms with Crippen LogP contribution in [-0.4, -0.2) is 64.2 Å². The highest BCUT2D eigenvalue weighted by Crippen LogP contribution is 2.34. The molecule has 3 aromatic carbocycles. The largest absolute Gasteiger partial charge is 0.454 e. The van der Waals surface area contributed by atoms with Crippen molar-refractivity contribution in [1.29, 1.82) is 0 Å². The third kappa shape index (κ3) is 5.92. The van der Waals surface area contributed by atoms with Crippen LogP contribution >= 0.6 is 11.6 Å². The number of hydrogen-bond donors (Lipinski definition) is 1. The zero-order valence-electron chi connectivity index (χ0n) is 20.4. The number of nitrogens with one attached hydrogen (secondary N) is 1. The van der Waals surface area contributed by atoms with Crippen LogP contribution in [0.15, 0.2) is 65.6 Å². The molecule has 1 N–H and O–H groups in total. The number of esters is 1. The summed E-state index contributed by atoms with van der Waals surface area (Å²) < 4.78 is 56.8. The number of nitrogens with zero attached hydrogens (tertiary/aromatic N) is 2. The van der Waals surface area contributed by atoms with Gasteiger partial charge in [-0.2, -0.15) is 4.31 Å². The van der Waals surface area contributed by atoms with Crippen molar-refractivity contribution >= 4 is 44.9 Å². The molecule has 10 nitrogen and oxygen atoms in total. The van der Waals surface area contributed by atoms with Crippen molar-refractivity contribution in [2.24, 2.45) is 0 Å². The molecule has 0 unspecified atom stereocenters. The van der Waals surface area contributed by atoms with Crippen LogP contribution < -0.4 is 19.7 Å². The SMILES string of the molecule is O=C(COC(=O)c1ccc(Cl)c(S(=O)(=O)N2CCN(c3ccc(F)cc3)CC2)c1)Nc1ccc2c(c1)OCO2. The van der Waals surface area contributed by atoms with Gasteiger partial charge in [0.15, 0.2) is 18.1 Å². The number of piperazine rings is 1. The Morgan fingerprint density at radius 2 is 1.67 bits per heavy atom. The number of fused-ring (bicyclic) bond motifs is 1. The Balaban J connectivity index is 1.20. The van der Waals surface area contributed by atoms with Gasteiger partial charge in [0.1, 0.15) is 10.7 Å². The second-order valence-electron chi connectivity index (χ2n) is 8.71. The first-order valence-corrected chi connectivity index (χ1v) is 13.7.